The number of benzene rings is 1. The average Bonchev–Trinajstić information content (AvgIpc) is 2.12. The first kappa shape index (κ1) is 10.6. The van der Waals surface area contributed by atoms with E-state index in [0.29, 0.717) is 12.0 Å². The Balaban J connectivity index is 2.68. The van der Waals surface area contributed by atoms with Crippen LogP contribution in [0.2, 0.25) is 0 Å². The van der Waals surface area contributed by atoms with Crippen molar-refractivity contribution < 1.29 is 15.0 Å². The van der Waals surface area contributed by atoms with Gasteiger partial charge in [-0.2, -0.15) is 0 Å². The third kappa shape index (κ3) is 2.76. The molecule has 1 rings (SSSR count). The van der Waals surface area contributed by atoms with Crippen LogP contribution in [0.25, 0.3) is 0 Å². The Morgan fingerprint density at radius 2 is 2.07 bits per heavy atom. The summed E-state index contributed by atoms with van der Waals surface area (Å²) in [5, 5.41) is 18.2. The molecular formula is C11H13O3. The van der Waals surface area contributed by atoms with Gasteiger partial charge in [0.15, 0.2) is 11.5 Å². The molecule has 0 unspecified atom stereocenters. The molecule has 75 valence electrons. The number of carbonyl (C=O) groups excluding carboxylic acids is 1. The average molecular weight is 193 g/mol. The summed E-state index contributed by atoms with van der Waals surface area (Å²) >= 11 is 0. The largest absolute Gasteiger partial charge is 0.504 e. The van der Waals surface area contributed by atoms with E-state index in [9.17, 15) is 4.79 Å². The van der Waals surface area contributed by atoms with Gasteiger partial charge in [-0.1, -0.05) is 13.0 Å². The van der Waals surface area contributed by atoms with E-state index < -0.39 is 0 Å². The van der Waals surface area contributed by atoms with Crippen molar-refractivity contribution in [3.05, 3.63) is 30.2 Å². The molecule has 0 aliphatic rings. The van der Waals surface area contributed by atoms with Gasteiger partial charge in [-0.3, -0.25) is 4.79 Å². The van der Waals surface area contributed by atoms with E-state index >= 15 is 0 Å². The van der Waals surface area contributed by atoms with E-state index in [1.54, 1.807) is 6.07 Å². The molecule has 1 radical (unpaired) electrons. The van der Waals surface area contributed by atoms with E-state index in [-0.39, 0.29) is 17.3 Å². The summed E-state index contributed by atoms with van der Waals surface area (Å²) < 4.78 is 0. The molecule has 0 heterocycles. The summed E-state index contributed by atoms with van der Waals surface area (Å²) in [4.78, 5) is 11.2. The zero-order chi connectivity index (χ0) is 10.6. The van der Waals surface area contributed by atoms with Crippen LogP contribution in [0, 0.1) is 6.42 Å². The van der Waals surface area contributed by atoms with E-state index in [2.05, 4.69) is 0 Å². The zero-order valence-electron chi connectivity index (χ0n) is 8.03. The molecule has 3 heteroatoms. The maximum Gasteiger partial charge on any atom is 0.157 e. The van der Waals surface area contributed by atoms with Crippen LogP contribution in [-0.2, 0) is 4.79 Å². The molecule has 0 bridgehead atoms. The predicted octanol–water partition coefficient (Wildman–Crippen LogP) is 2.02. The number of rotatable bonds is 4. The molecule has 0 saturated heterocycles. The summed E-state index contributed by atoms with van der Waals surface area (Å²) in [5.74, 6) is -0.356. The summed E-state index contributed by atoms with van der Waals surface area (Å²) in [7, 11) is 0. The third-order valence-corrected chi connectivity index (χ3v) is 1.82. The van der Waals surface area contributed by atoms with Crippen LogP contribution < -0.4 is 0 Å². The smallest absolute Gasteiger partial charge is 0.157 e. The van der Waals surface area contributed by atoms with Crippen molar-refractivity contribution in [2.45, 2.75) is 19.8 Å². The van der Waals surface area contributed by atoms with Crippen LogP contribution >= 0.6 is 0 Å². The topological polar surface area (TPSA) is 57.5 Å². The van der Waals surface area contributed by atoms with Gasteiger partial charge in [-0.05, 0) is 24.1 Å². The van der Waals surface area contributed by atoms with Gasteiger partial charge in [-0.15, -0.1) is 0 Å². The van der Waals surface area contributed by atoms with Gasteiger partial charge >= 0.3 is 0 Å². The predicted molar refractivity (Wildman–Crippen MR) is 53.1 cm³/mol. The normalized spacial score (nSPS) is 10.1. The van der Waals surface area contributed by atoms with Crippen LogP contribution in [-0.4, -0.2) is 16.0 Å². The lowest BCUT2D eigenvalue weighted by Gasteiger charge is -2.01. The lowest BCUT2D eigenvalue weighted by molar-refractivity contribution is -0.115. The molecule has 0 amide bonds. The fourth-order valence-corrected chi connectivity index (χ4v) is 1.13. The van der Waals surface area contributed by atoms with Crippen molar-refractivity contribution in [1.29, 1.82) is 0 Å². The Morgan fingerprint density at radius 1 is 1.36 bits per heavy atom. The first-order valence-electron chi connectivity index (χ1n) is 4.53. The SMILES string of the molecule is CCCC(=O)[CH]c1ccc(O)c(O)c1. The molecule has 0 spiro atoms. The van der Waals surface area contributed by atoms with Gasteiger partial charge in [0.05, 0.1) is 6.42 Å². The minimum absolute atomic E-state index is 0.0255. The number of aromatic hydroxyl groups is 2. The molecule has 14 heavy (non-hydrogen) atoms. The second-order valence-corrected chi connectivity index (χ2v) is 3.11. The van der Waals surface area contributed by atoms with Crippen LogP contribution in [0.1, 0.15) is 25.3 Å². The van der Waals surface area contributed by atoms with E-state index in [4.69, 9.17) is 10.2 Å². The zero-order valence-corrected chi connectivity index (χ0v) is 8.03. The maximum atomic E-state index is 11.2. The first-order valence-corrected chi connectivity index (χ1v) is 4.53. The van der Waals surface area contributed by atoms with Gasteiger partial charge in [0.1, 0.15) is 5.78 Å². The van der Waals surface area contributed by atoms with Gasteiger partial charge in [0, 0.05) is 6.42 Å². The standard InChI is InChI=1S/C11H13O3/c1-2-3-9(12)6-8-4-5-10(13)11(14)7-8/h4-7,13-14H,2-3H2,1H3. The molecular weight excluding hydrogens is 180 g/mol. The molecule has 0 saturated carbocycles. The van der Waals surface area contributed by atoms with Crippen LogP contribution in [0.3, 0.4) is 0 Å². The highest BCUT2D eigenvalue weighted by molar-refractivity contribution is 5.90. The molecule has 0 aromatic heterocycles. The number of hydrogen-bond acceptors (Lipinski definition) is 3. The second kappa shape index (κ2) is 4.65. The number of phenols is 2. The molecule has 0 aliphatic carbocycles. The molecule has 0 fully saturated rings. The minimum atomic E-state index is -0.206. The highest BCUT2D eigenvalue weighted by atomic mass is 16.3. The van der Waals surface area contributed by atoms with Crippen molar-refractivity contribution in [2.75, 3.05) is 0 Å². The number of ketones is 1. The Hall–Kier alpha value is -1.51. The lowest BCUT2D eigenvalue weighted by atomic mass is 10.1. The van der Waals surface area contributed by atoms with Gasteiger partial charge in [-0.25, -0.2) is 0 Å². The Bertz CT molecular complexity index is 331. The molecule has 2 N–H and O–H groups in total. The quantitative estimate of drug-likeness (QED) is 0.719. The lowest BCUT2D eigenvalue weighted by Crippen LogP contribution is -1.98. The Kier molecular flexibility index (Phi) is 3.51. The number of Topliss-reactive ketones (excluding diaryl/α,β-unsaturated/α-hetero) is 1. The van der Waals surface area contributed by atoms with Crippen LogP contribution in [0.15, 0.2) is 18.2 Å². The summed E-state index contributed by atoms with van der Waals surface area (Å²) in [5.41, 5.74) is 0.610. The number of phenolic OH excluding ortho intramolecular Hbond substituents is 2. The summed E-state index contributed by atoms with van der Waals surface area (Å²) in [6.07, 6.45) is 2.77. The maximum absolute atomic E-state index is 11.2. The van der Waals surface area contributed by atoms with Crippen LogP contribution in [0.4, 0.5) is 0 Å². The number of hydrogen-bond donors (Lipinski definition) is 2. The van der Waals surface area contributed by atoms with Crippen LogP contribution in [0.5, 0.6) is 11.5 Å². The molecule has 1 aromatic carbocycles. The van der Waals surface area contributed by atoms with Crippen molar-refractivity contribution in [2.24, 2.45) is 0 Å². The first-order chi connectivity index (χ1) is 6.63. The van der Waals surface area contributed by atoms with Gasteiger partial charge in [0.2, 0.25) is 0 Å². The minimum Gasteiger partial charge on any atom is -0.504 e. The molecule has 1 aromatic rings. The van der Waals surface area contributed by atoms with Gasteiger partial charge < -0.3 is 10.2 Å². The Morgan fingerprint density at radius 3 is 2.64 bits per heavy atom. The highest BCUT2D eigenvalue weighted by Gasteiger charge is 2.05. The highest BCUT2D eigenvalue weighted by Crippen LogP contribution is 2.25. The monoisotopic (exact) mass is 193 g/mol. The van der Waals surface area contributed by atoms with Gasteiger partial charge in [0.25, 0.3) is 0 Å². The number of carbonyl (C=O) groups is 1. The molecule has 0 aliphatic heterocycles. The fraction of sp³-hybridized carbons (Fsp3) is 0.273. The van der Waals surface area contributed by atoms with E-state index in [1.807, 2.05) is 6.92 Å². The fourth-order valence-electron chi connectivity index (χ4n) is 1.13. The molecule has 3 nitrogen and oxygen atoms in total. The van der Waals surface area contributed by atoms with E-state index in [0.717, 1.165) is 6.42 Å². The van der Waals surface area contributed by atoms with Crippen molar-refractivity contribution >= 4 is 5.78 Å². The summed E-state index contributed by atoms with van der Waals surface area (Å²) in [6, 6.07) is 4.31. The Labute approximate surface area is 83.0 Å². The van der Waals surface area contributed by atoms with Crippen molar-refractivity contribution in [1.82, 2.24) is 0 Å². The van der Waals surface area contributed by atoms with Crippen molar-refractivity contribution in [3.8, 4) is 11.5 Å². The van der Waals surface area contributed by atoms with E-state index in [1.165, 1.54) is 18.6 Å². The summed E-state index contributed by atoms with van der Waals surface area (Å²) in [6.45, 7) is 1.93. The second-order valence-electron chi connectivity index (χ2n) is 3.11. The van der Waals surface area contributed by atoms with Crippen molar-refractivity contribution in [3.63, 3.8) is 0 Å². The molecule has 0 atom stereocenters. The third-order valence-electron chi connectivity index (χ3n) is 1.82.